The number of hydrogen-bond donors (Lipinski definition) is 0. The summed E-state index contributed by atoms with van der Waals surface area (Å²) in [5.74, 6) is 0.561. The molecule has 1 heterocycles. The molecule has 0 aromatic heterocycles. The lowest BCUT2D eigenvalue weighted by Crippen LogP contribution is -2.41. The van der Waals surface area contributed by atoms with Gasteiger partial charge < -0.3 is 9.64 Å². The van der Waals surface area contributed by atoms with E-state index in [1.54, 1.807) is 35.2 Å². The van der Waals surface area contributed by atoms with Crippen molar-refractivity contribution in [2.45, 2.75) is 25.8 Å². The standard InChI is InChI=1S/C21H23NO4S/c1-15(2)16-7-9-18(10-8-16)22(19-11-12-27(24,25)14-19)21(23)17-5-4-6-20(13-17)26-3/h4-13,15,19H,14H2,1-3H3/t19-/m0/s1. The molecule has 0 unspecified atom stereocenters. The van der Waals surface area contributed by atoms with Gasteiger partial charge in [-0.3, -0.25) is 4.79 Å². The first-order valence-corrected chi connectivity index (χ1v) is 10.5. The Labute approximate surface area is 160 Å². The maximum Gasteiger partial charge on any atom is 0.258 e. The molecule has 1 amide bonds. The third kappa shape index (κ3) is 4.22. The Morgan fingerprint density at radius 1 is 1.15 bits per heavy atom. The van der Waals surface area contributed by atoms with Crippen molar-refractivity contribution >= 4 is 21.4 Å². The largest absolute Gasteiger partial charge is 0.497 e. The molecule has 0 saturated carbocycles. The molecule has 0 bridgehead atoms. The zero-order chi connectivity index (χ0) is 19.6. The van der Waals surface area contributed by atoms with Crippen LogP contribution in [0.15, 0.2) is 60.0 Å². The number of amides is 1. The molecule has 0 N–H and O–H groups in total. The zero-order valence-corrected chi connectivity index (χ0v) is 16.4. The summed E-state index contributed by atoms with van der Waals surface area (Å²) in [6.45, 7) is 4.20. The Kier molecular flexibility index (Phi) is 5.37. The number of carbonyl (C=O) groups is 1. The van der Waals surface area contributed by atoms with Crippen molar-refractivity contribution in [2.24, 2.45) is 0 Å². The summed E-state index contributed by atoms with van der Waals surface area (Å²) in [7, 11) is -1.76. The normalized spacial score (nSPS) is 17.9. The summed E-state index contributed by atoms with van der Waals surface area (Å²) in [5, 5.41) is 1.19. The van der Waals surface area contributed by atoms with Gasteiger partial charge in [-0.05, 0) is 47.9 Å². The van der Waals surface area contributed by atoms with Crippen LogP contribution >= 0.6 is 0 Å². The molecule has 0 radical (unpaired) electrons. The summed E-state index contributed by atoms with van der Waals surface area (Å²) in [4.78, 5) is 14.8. The Morgan fingerprint density at radius 3 is 2.41 bits per heavy atom. The van der Waals surface area contributed by atoms with Gasteiger partial charge in [-0.25, -0.2) is 8.42 Å². The molecule has 27 heavy (non-hydrogen) atoms. The Balaban J connectivity index is 2.01. The maximum absolute atomic E-state index is 13.3. The molecule has 1 aliphatic rings. The van der Waals surface area contributed by atoms with E-state index in [9.17, 15) is 13.2 Å². The lowest BCUT2D eigenvalue weighted by molar-refractivity contribution is 0.0983. The number of carbonyl (C=O) groups excluding carboxylic acids is 1. The van der Waals surface area contributed by atoms with Gasteiger partial charge in [0, 0.05) is 16.7 Å². The van der Waals surface area contributed by atoms with E-state index in [0.717, 1.165) is 5.56 Å². The molecular formula is C21H23NO4S. The second-order valence-corrected chi connectivity index (χ2v) is 8.81. The maximum atomic E-state index is 13.3. The van der Waals surface area contributed by atoms with Crippen LogP contribution in [0.1, 0.15) is 35.7 Å². The number of hydrogen-bond acceptors (Lipinski definition) is 4. The number of ether oxygens (including phenoxy) is 1. The van der Waals surface area contributed by atoms with Gasteiger partial charge in [0.15, 0.2) is 9.84 Å². The fourth-order valence-electron chi connectivity index (χ4n) is 3.09. The van der Waals surface area contributed by atoms with Crippen LogP contribution in [0.25, 0.3) is 0 Å². The average Bonchev–Trinajstić information content (AvgIpc) is 3.01. The number of benzene rings is 2. The molecule has 3 rings (SSSR count). The van der Waals surface area contributed by atoms with Gasteiger partial charge in [-0.2, -0.15) is 0 Å². The minimum atomic E-state index is -3.30. The minimum absolute atomic E-state index is 0.116. The van der Waals surface area contributed by atoms with Gasteiger partial charge in [0.1, 0.15) is 5.75 Å². The van der Waals surface area contributed by atoms with E-state index in [4.69, 9.17) is 4.74 Å². The Morgan fingerprint density at radius 2 is 1.85 bits per heavy atom. The van der Waals surface area contributed by atoms with Crippen LogP contribution in [0.2, 0.25) is 0 Å². The van der Waals surface area contributed by atoms with Crippen molar-refractivity contribution in [3.63, 3.8) is 0 Å². The van der Waals surface area contributed by atoms with Crippen LogP contribution < -0.4 is 9.64 Å². The Bertz CT molecular complexity index is 962. The van der Waals surface area contributed by atoms with Crippen molar-refractivity contribution in [3.8, 4) is 5.75 Å². The molecule has 0 aliphatic carbocycles. The molecule has 2 aromatic carbocycles. The van der Waals surface area contributed by atoms with Crippen LogP contribution in [0.4, 0.5) is 5.69 Å². The molecule has 6 heteroatoms. The molecule has 2 aromatic rings. The first-order chi connectivity index (χ1) is 12.8. The predicted molar refractivity (Wildman–Crippen MR) is 107 cm³/mol. The highest BCUT2D eigenvalue weighted by atomic mass is 32.2. The van der Waals surface area contributed by atoms with Crippen molar-refractivity contribution in [3.05, 3.63) is 71.1 Å². The third-order valence-electron chi connectivity index (χ3n) is 4.62. The van der Waals surface area contributed by atoms with Crippen LogP contribution in [0.5, 0.6) is 5.75 Å². The lowest BCUT2D eigenvalue weighted by atomic mass is 10.0. The van der Waals surface area contributed by atoms with Gasteiger partial charge in [-0.15, -0.1) is 0 Å². The molecule has 1 atom stereocenters. The van der Waals surface area contributed by atoms with Gasteiger partial charge in [0.2, 0.25) is 0 Å². The summed E-state index contributed by atoms with van der Waals surface area (Å²) < 4.78 is 29.1. The summed E-state index contributed by atoms with van der Waals surface area (Å²) in [6, 6.07) is 14.0. The first-order valence-electron chi connectivity index (χ1n) is 8.79. The number of anilines is 1. The van der Waals surface area contributed by atoms with Gasteiger partial charge in [0.05, 0.1) is 18.9 Å². The van der Waals surface area contributed by atoms with Crippen LogP contribution in [0, 0.1) is 0 Å². The average molecular weight is 385 g/mol. The summed E-state index contributed by atoms with van der Waals surface area (Å²) in [5.41, 5.74) is 2.26. The van der Waals surface area contributed by atoms with Crippen LogP contribution in [0.3, 0.4) is 0 Å². The fraction of sp³-hybridized carbons (Fsp3) is 0.286. The van der Waals surface area contributed by atoms with E-state index < -0.39 is 15.9 Å². The molecule has 0 saturated heterocycles. The smallest absolute Gasteiger partial charge is 0.258 e. The van der Waals surface area contributed by atoms with E-state index >= 15 is 0 Å². The van der Waals surface area contributed by atoms with Crippen molar-refractivity contribution in [1.29, 1.82) is 0 Å². The fourth-order valence-corrected chi connectivity index (χ4v) is 4.36. The van der Waals surface area contributed by atoms with E-state index in [0.29, 0.717) is 22.9 Å². The molecule has 0 fully saturated rings. The highest BCUT2D eigenvalue weighted by molar-refractivity contribution is 7.94. The zero-order valence-electron chi connectivity index (χ0n) is 15.6. The Hall–Kier alpha value is -2.60. The van der Waals surface area contributed by atoms with E-state index in [2.05, 4.69) is 13.8 Å². The monoisotopic (exact) mass is 385 g/mol. The molecule has 0 spiro atoms. The molecule has 142 valence electrons. The van der Waals surface area contributed by atoms with Crippen LogP contribution in [-0.4, -0.2) is 33.2 Å². The summed E-state index contributed by atoms with van der Waals surface area (Å²) >= 11 is 0. The van der Waals surface area contributed by atoms with Gasteiger partial charge in [0.25, 0.3) is 5.91 Å². The predicted octanol–water partition coefficient (Wildman–Crippen LogP) is 3.78. The molecule has 5 nitrogen and oxygen atoms in total. The molecule has 1 aliphatic heterocycles. The van der Waals surface area contributed by atoms with Crippen molar-refractivity contribution in [2.75, 3.05) is 17.8 Å². The first kappa shape index (κ1) is 19.2. The number of rotatable bonds is 5. The SMILES string of the molecule is COc1cccc(C(=O)N(c2ccc(C(C)C)cc2)[C@H]2C=CS(=O)(=O)C2)c1. The topological polar surface area (TPSA) is 63.7 Å². The summed E-state index contributed by atoms with van der Waals surface area (Å²) in [6.07, 6.45) is 1.57. The number of methoxy groups -OCH3 is 1. The van der Waals surface area contributed by atoms with Crippen LogP contribution in [-0.2, 0) is 9.84 Å². The van der Waals surface area contributed by atoms with Crippen molar-refractivity contribution < 1.29 is 17.9 Å². The van der Waals surface area contributed by atoms with Crippen molar-refractivity contribution in [1.82, 2.24) is 0 Å². The number of nitrogens with zero attached hydrogens (tertiary/aromatic N) is 1. The molecular weight excluding hydrogens is 362 g/mol. The lowest BCUT2D eigenvalue weighted by Gasteiger charge is -2.28. The van der Waals surface area contributed by atoms with E-state index in [-0.39, 0.29) is 11.7 Å². The minimum Gasteiger partial charge on any atom is -0.497 e. The van der Waals surface area contributed by atoms with E-state index in [1.807, 2.05) is 24.3 Å². The highest BCUT2D eigenvalue weighted by Crippen LogP contribution is 2.27. The second kappa shape index (κ2) is 7.56. The van der Waals surface area contributed by atoms with Gasteiger partial charge >= 0.3 is 0 Å². The second-order valence-electron chi connectivity index (χ2n) is 6.88. The highest BCUT2D eigenvalue weighted by Gasteiger charge is 2.32. The van der Waals surface area contributed by atoms with Gasteiger partial charge in [-0.1, -0.05) is 32.0 Å². The third-order valence-corrected chi connectivity index (χ3v) is 5.99. The van der Waals surface area contributed by atoms with E-state index in [1.165, 1.54) is 12.5 Å². The quantitative estimate of drug-likeness (QED) is 0.786. The number of sulfone groups is 1.